The van der Waals surface area contributed by atoms with Crippen LogP contribution in [0, 0.1) is 5.82 Å². The summed E-state index contributed by atoms with van der Waals surface area (Å²) >= 11 is 12.6. The number of carbonyl (C=O) groups is 2. The van der Waals surface area contributed by atoms with Gasteiger partial charge in [-0.2, -0.15) is 0 Å². The number of hydrogen-bond donors (Lipinski definition) is 0. The van der Waals surface area contributed by atoms with Gasteiger partial charge in [0.05, 0.1) is 17.7 Å². The Bertz CT molecular complexity index is 973. The van der Waals surface area contributed by atoms with E-state index in [2.05, 4.69) is 6.58 Å². The van der Waals surface area contributed by atoms with Gasteiger partial charge in [0.15, 0.2) is 0 Å². The number of carbonyl (C=O) groups excluding carboxylic acids is 2. The molecule has 0 unspecified atom stereocenters. The third-order valence-corrected chi connectivity index (χ3v) is 5.43. The van der Waals surface area contributed by atoms with Gasteiger partial charge in [0.1, 0.15) is 11.6 Å². The zero-order valence-corrected chi connectivity index (χ0v) is 17.3. The third kappa shape index (κ3) is 4.38. The van der Waals surface area contributed by atoms with Crippen molar-refractivity contribution in [3.63, 3.8) is 0 Å². The van der Waals surface area contributed by atoms with Gasteiger partial charge in [0.2, 0.25) is 5.91 Å². The van der Waals surface area contributed by atoms with Crippen LogP contribution in [0.3, 0.4) is 0 Å². The molecule has 2 amide bonds. The Labute approximate surface area is 178 Å². The first-order chi connectivity index (χ1) is 13.8. The molecule has 29 heavy (non-hydrogen) atoms. The van der Waals surface area contributed by atoms with Gasteiger partial charge < -0.3 is 14.5 Å². The van der Waals surface area contributed by atoms with E-state index >= 15 is 0 Å². The van der Waals surface area contributed by atoms with Crippen LogP contribution >= 0.6 is 23.2 Å². The van der Waals surface area contributed by atoms with Crippen LogP contribution in [0.15, 0.2) is 43.0 Å². The largest absolute Gasteiger partial charge is 0.496 e. The van der Waals surface area contributed by atoms with Crippen molar-refractivity contribution in [2.75, 3.05) is 33.3 Å². The molecule has 0 saturated carbocycles. The van der Waals surface area contributed by atoms with Crippen LogP contribution in [0.5, 0.6) is 5.75 Å². The second-order valence-electron chi connectivity index (χ2n) is 6.48. The molecule has 152 valence electrons. The summed E-state index contributed by atoms with van der Waals surface area (Å²) in [6.07, 6.45) is 1.26. The number of nitrogens with zero attached hydrogens (tertiary/aromatic N) is 2. The molecule has 0 bridgehead atoms. The Morgan fingerprint density at radius 1 is 1.03 bits per heavy atom. The van der Waals surface area contributed by atoms with Gasteiger partial charge in [0, 0.05) is 48.4 Å². The molecule has 0 radical (unpaired) electrons. The van der Waals surface area contributed by atoms with Gasteiger partial charge in [-0.25, -0.2) is 4.39 Å². The Hall–Kier alpha value is -2.57. The van der Waals surface area contributed by atoms with Crippen LogP contribution in [0.2, 0.25) is 10.0 Å². The topological polar surface area (TPSA) is 49.9 Å². The fourth-order valence-corrected chi connectivity index (χ4v) is 3.71. The minimum Gasteiger partial charge on any atom is -0.496 e. The third-order valence-electron chi connectivity index (χ3n) is 4.79. The average Bonchev–Trinajstić information content (AvgIpc) is 2.74. The SMILES string of the molecule is C=CC(=O)N1CCN(C(=O)c2cc(-c3cc(F)ccc3Cl)c(Cl)cc2OC)CC1. The lowest BCUT2D eigenvalue weighted by molar-refractivity contribution is -0.127. The Kier molecular flexibility index (Phi) is 6.45. The molecule has 8 heteroatoms. The van der Waals surface area contributed by atoms with E-state index in [1.54, 1.807) is 15.9 Å². The maximum atomic E-state index is 13.8. The molecule has 0 aliphatic carbocycles. The predicted octanol–water partition coefficient (Wildman–Crippen LogP) is 4.28. The minimum absolute atomic E-state index is 0.163. The smallest absolute Gasteiger partial charge is 0.257 e. The van der Waals surface area contributed by atoms with Crippen molar-refractivity contribution in [3.8, 4) is 16.9 Å². The summed E-state index contributed by atoms with van der Waals surface area (Å²) in [6, 6.07) is 7.03. The number of amides is 2. The van der Waals surface area contributed by atoms with E-state index in [9.17, 15) is 14.0 Å². The van der Waals surface area contributed by atoms with Crippen molar-refractivity contribution >= 4 is 35.0 Å². The molecular weight excluding hydrogens is 418 g/mol. The lowest BCUT2D eigenvalue weighted by atomic mass is 10.0. The van der Waals surface area contributed by atoms with Crippen molar-refractivity contribution in [2.24, 2.45) is 0 Å². The van der Waals surface area contributed by atoms with Crippen molar-refractivity contribution in [1.82, 2.24) is 9.80 Å². The van der Waals surface area contributed by atoms with Crippen LogP contribution in [-0.2, 0) is 4.79 Å². The summed E-state index contributed by atoms with van der Waals surface area (Å²) < 4.78 is 19.1. The van der Waals surface area contributed by atoms with Crippen LogP contribution in [0.4, 0.5) is 4.39 Å². The monoisotopic (exact) mass is 436 g/mol. The zero-order valence-electron chi connectivity index (χ0n) is 15.8. The van der Waals surface area contributed by atoms with E-state index in [0.29, 0.717) is 48.1 Å². The van der Waals surface area contributed by atoms with Gasteiger partial charge >= 0.3 is 0 Å². The van der Waals surface area contributed by atoms with E-state index in [1.807, 2.05) is 0 Å². The van der Waals surface area contributed by atoms with E-state index in [-0.39, 0.29) is 22.4 Å². The summed E-state index contributed by atoms with van der Waals surface area (Å²) in [5.74, 6) is -0.588. The number of hydrogen-bond acceptors (Lipinski definition) is 3. The molecule has 1 aliphatic rings. The molecule has 0 atom stereocenters. The summed E-state index contributed by atoms with van der Waals surface area (Å²) in [7, 11) is 1.44. The van der Waals surface area contributed by atoms with Crippen molar-refractivity contribution in [1.29, 1.82) is 0 Å². The highest BCUT2D eigenvalue weighted by Gasteiger charge is 2.27. The first-order valence-electron chi connectivity index (χ1n) is 8.89. The molecule has 2 aromatic rings. The second-order valence-corrected chi connectivity index (χ2v) is 7.29. The fourth-order valence-electron chi connectivity index (χ4n) is 3.23. The van der Waals surface area contributed by atoms with Crippen molar-refractivity contribution < 1.29 is 18.7 Å². The number of benzene rings is 2. The van der Waals surface area contributed by atoms with Gasteiger partial charge in [-0.05, 0) is 30.3 Å². The van der Waals surface area contributed by atoms with Crippen LogP contribution in [-0.4, -0.2) is 54.9 Å². The highest BCUT2D eigenvalue weighted by Crippen LogP contribution is 2.38. The first-order valence-corrected chi connectivity index (χ1v) is 9.65. The van der Waals surface area contributed by atoms with Crippen LogP contribution < -0.4 is 4.74 Å². The number of rotatable bonds is 4. The summed E-state index contributed by atoms with van der Waals surface area (Å²) in [5, 5.41) is 0.598. The highest BCUT2D eigenvalue weighted by molar-refractivity contribution is 6.36. The standard InChI is InChI=1S/C21H19Cl2FN2O3/c1-3-20(27)25-6-8-26(9-7-25)21(28)16-11-15(18(23)12-19(16)29-2)14-10-13(24)4-5-17(14)22/h3-5,10-12H,1,6-9H2,2H3. The molecule has 0 spiro atoms. The minimum atomic E-state index is -0.466. The molecule has 1 aliphatic heterocycles. The number of halogens is 3. The molecule has 0 aromatic heterocycles. The van der Waals surface area contributed by atoms with Crippen LogP contribution in [0.25, 0.3) is 11.1 Å². The quantitative estimate of drug-likeness (QED) is 0.672. The fraction of sp³-hybridized carbons (Fsp3) is 0.238. The molecule has 1 fully saturated rings. The number of methoxy groups -OCH3 is 1. The molecule has 5 nitrogen and oxygen atoms in total. The normalized spacial score (nSPS) is 13.9. The average molecular weight is 437 g/mol. The molecule has 1 saturated heterocycles. The number of piperazine rings is 1. The van der Waals surface area contributed by atoms with Gasteiger partial charge in [-0.1, -0.05) is 29.8 Å². The molecular formula is C21H19Cl2FN2O3. The highest BCUT2D eigenvalue weighted by atomic mass is 35.5. The molecule has 2 aromatic carbocycles. The van der Waals surface area contributed by atoms with E-state index in [1.165, 1.54) is 37.5 Å². The predicted molar refractivity (Wildman–Crippen MR) is 111 cm³/mol. The molecule has 1 heterocycles. The van der Waals surface area contributed by atoms with E-state index < -0.39 is 5.82 Å². The molecule has 3 rings (SSSR count). The Balaban J connectivity index is 1.94. The summed E-state index contributed by atoms with van der Waals surface area (Å²) in [5.41, 5.74) is 1.10. The second kappa shape index (κ2) is 8.84. The van der Waals surface area contributed by atoms with Crippen LogP contribution in [0.1, 0.15) is 10.4 Å². The summed E-state index contributed by atoms with van der Waals surface area (Å²) in [6.45, 7) is 5.06. The van der Waals surface area contributed by atoms with E-state index in [4.69, 9.17) is 27.9 Å². The lowest BCUT2D eigenvalue weighted by Gasteiger charge is -2.34. The van der Waals surface area contributed by atoms with Gasteiger partial charge in [-0.15, -0.1) is 0 Å². The van der Waals surface area contributed by atoms with E-state index in [0.717, 1.165) is 0 Å². The Morgan fingerprint density at radius 2 is 1.66 bits per heavy atom. The first kappa shape index (κ1) is 21.1. The van der Waals surface area contributed by atoms with Crippen molar-refractivity contribution in [2.45, 2.75) is 0 Å². The lowest BCUT2D eigenvalue weighted by Crippen LogP contribution is -2.50. The van der Waals surface area contributed by atoms with Gasteiger partial charge in [-0.3, -0.25) is 9.59 Å². The number of ether oxygens (including phenoxy) is 1. The summed E-state index contributed by atoms with van der Waals surface area (Å²) in [4.78, 5) is 28.2. The maximum absolute atomic E-state index is 13.8. The van der Waals surface area contributed by atoms with Gasteiger partial charge in [0.25, 0.3) is 5.91 Å². The zero-order chi connectivity index (χ0) is 21.1. The Morgan fingerprint density at radius 3 is 2.28 bits per heavy atom. The maximum Gasteiger partial charge on any atom is 0.257 e. The molecule has 0 N–H and O–H groups in total. The van der Waals surface area contributed by atoms with Crippen molar-refractivity contribution in [3.05, 3.63) is 64.4 Å².